The Hall–Kier alpha value is -3.94. The second-order valence-corrected chi connectivity index (χ2v) is 5.97. The summed E-state index contributed by atoms with van der Waals surface area (Å²) in [5.41, 5.74) is 4.25. The summed E-state index contributed by atoms with van der Waals surface area (Å²) in [7, 11) is 0. The zero-order valence-electron chi connectivity index (χ0n) is 14.2. The second kappa shape index (κ2) is 6.41. The summed E-state index contributed by atoms with van der Waals surface area (Å²) in [5.74, 6) is -1.15. The van der Waals surface area contributed by atoms with Gasteiger partial charge >= 0.3 is 5.88 Å². The molecular formula is C19H14N4O4. The molecule has 1 amide bonds. The molecule has 0 atom stereocenters. The minimum Gasteiger partial charge on any atom is -0.395 e. The Morgan fingerprint density at radius 1 is 1.19 bits per heavy atom. The smallest absolute Gasteiger partial charge is 0.395 e. The van der Waals surface area contributed by atoms with Gasteiger partial charge in [0.2, 0.25) is 0 Å². The fourth-order valence-electron chi connectivity index (χ4n) is 2.76. The number of hydrogen-bond acceptors (Lipinski definition) is 5. The van der Waals surface area contributed by atoms with Crippen LogP contribution in [0.2, 0.25) is 0 Å². The van der Waals surface area contributed by atoms with Crippen molar-refractivity contribution in [1.29, 1.82) is 0 Å². The highest BCUT2D eigenvalue weighted by molar-refractivity contribution is 6.02. The number of imidazole rings is 1. The third-order valence-corrected chi connectivity index (χ3v) is 4.11. The van der Waals surface area contributed by atoms with E-state index in [0.29, 0.717) is 5.69 Å². The molecule has 4 rings (SSSR count). The molecule has 8 heteroatoms. The maximum atomic E-state index is 12.1. The molecule has 0 aliphatic carbocycles. The van der Waals surface area contributed by atoms with Gasteiger partial charge in [-0.1, -0.05) is 18.2 Å². The van der Waals surface area contributed by atoms with Gasteiger partial charge in [-0.2, -0.15) is 0 Å². The molecule has 4 aromatic rings. The number of pyridine rings is 1. The van der Waals surface area contributed by atoms with E-state index in [1.807, 2.05) is 48.0 Å². The van der Waals surface area contributed by atoms with Gasteiger partial charge in [0.05, 0.1) is 11.8 Å². The van der Waals surface area contributed by atoms with Gasteiger partial charge in [-0.15, -0.1) is 0 Å². The number of amides is 1. The number of fused-ring (bicyclic) bond motifs is 1. The highest BCUT2D eigenvalue weighted by Gasteiger charge is 2.17. The van der Waals surface area contributed by atoms with E-state index in [1.165, 1.54) is 6.07 Å². The first kappa shape index (κ1) is 16.5. The largest absolute Gasteiger partial charge is 0.433 e. The first-order valence-electron chi connectivity index (χ1n) is 8.11. The number of rotatable bonds is 4. The predicted molar refractivity (Wildman–Crippen MR) is 98.7 cm³/mol. The number of nitrogens with one attached hydrogen (secondary N) is 1. The summed E-state index contributed by atoms with van der Waals surface area (Å²) in [6, 6.07) is 13.5. The molecule has 0 aliphatic heterocycles. The van der Waals surface area contributed by atoms with Gasteiger partial charge in [-0.25, -0.2) is 4.98 Å². The standard InChI is InChI=1S/C19H14N4O4/c1-12-3-2-10-22-11-15(21-18(12)22)13-4-6-14(7-5-13)20-19(24)16-8-9-17(27-16)23(25)26/h2-11H,1H3,(H,20,24). The molecule has 0 aliphatic rings. The van der Waals surface area contributed by atoms with Crippen molar-refractivity contribution in [2.75, 3.05) is 5.32 Å². The number of nitrogens with zero attached hydrogens (tertiary/aromatic N) is 3. The number of carbonyl (C=O) groups excluding carboxylic acids is 1. The maximum absolute atomic E-state index is 12.1. The molecule has 0 saturated carbocycles. The first-order chi connectivity index (χ1) is 13.0. The van der Waals surface area contributed by atoms with Crippen LogP contribution in [0.3, 0.4) is 0 Å². The highest BCUT2D eigenvalue weighted by Crippen LogP contribution is 2.23. The Bertz CT molecular complexity index is 1160. The molecule has 1 N–H and O–H groups in total. The molecule has 0 saturated heterocycles. The molecule has 0 spiro atoms. The van der Waals surface area contributed by atoms with E-state index >= 15 is 0 Å². The Morgan fingerprint density at radius 2 is 1.96 bits per heavy atom. The predicted octanol–water partition coefficient (Wildman–Crippen LogP) is 4.06. The number of hydrogen-bond donors (Lipinski definition) is 1. The normalized spacial score (nSPS) is 10.9. The lowest BCUT2D eigenvalue weighted by atomic mass is 10.1. The lowest BCUT2D eigenvalue weighted by Crippen LogP contribution is -2.10. The van der Waals surface area contributed by atoms with Gasteiger partial charge in [0.1, 0.15) is 10.6 Å². The van der Waals surface area contributed by atoms with E-state index in [9.17, 15) is 14.9 Å². The zero-order chi connectivity index (χ0) is 19.0. The van der Waals surface area contributed by atoms with Gasteiger partial charge in [-0.3, -0.25) is 14.9 Å². The molecule has 8 nitrogen and oxygen atoms in total. The molecule has 1 aromatic carbocycles. The van der Waals surface area contributed by atoms with Crippen molar-refractivity contribution >= 4 is 23.1 Å². The fourth-order valence-corrected chi connectivity index (χ4v) is 2.76. The van der Waals surface area contributed by atoms with Crippen molar-refractivity contribution in [3.05, 3.63) is 82.4 Å². The van der Waals surface area contributed by atoms with Gasteiger partial charge in [-0.05, 0) is 36.8 Å². The summed E-state index contributed by atoms with van der Waals surface area (Å²) in [4.78, 5) is 26.7. The van der Waals surface area contributed by atoms with Crippen molar-refractivity contribution in [3.8, 4) is 11.3 Å². The lowest BCUT2D eigenvalue weighted by Gasteiger charge is -2.04. The van der Waals surface area contributed by atoms with Gasteiger partial charge in [0, 0.05) is 23.6 Å². The maximum Gasteiger partial charge on any atom is 0.433 e. The third-order valence-electron chi connectivity index (χ3n) is 4.11. The zero-order valence-corrected chi connectivity index (χ0v) is 14.2. The average Bonchev–Trinajstić information content (AvgIpc) is 3.30. The molecular weight excluding hydrogens is 348 g/mol. The molecule has 0 bridgehead atoms. The van der Waals surface area contributed by atoms with Crippen LogP contribution in [0.15, 0.2) is 65.3 Å². The number of anilines is 1. The van der Waals surface area contributed by atoms with Crippen LogP contribution in [0.4, 0.5) is 11.6 Å². The van der Waals surface area contributed by atoms with Crippen LogP contribution in [-0.4, -0.2) is 20.2 Å². The molecule has 27 heavy (non-hydrogen) atoms. The summed E-state index contributed by atoms with van der Waals surface area (Å²) in [6.07, 6.45) is 3.88. The van der Waals surface area contributed by atoms with Gasteiger partial charge in [0.15, 0.2) is 5.76 Å². The Labute approximate surface area is 153 Å². The first-order valence-corrected chi connectivity index (χ1v) is 8.11. The van der Waals surface area contributed by atoms with Crippen molar-refractivity contribution in [3.63, 3.8) is 0 Å². The summed E-state index contributed by atoms with van der Waals surface area (Å²) < 4.78 is 6.86. The van der Waals surface area contributed by atoms with Crippen LogP contribution in [0.1, 0.15) is 16.1 Å². The quantitative estimate of drug-likeness (QED) is 0.435. The monoisotopic (exact) mass is 362 g/mol. The number of nitro groups is 1. The molecule has 0 unspecified atom stereocenters. The minimum atomic E-state index is -0.692. The number of aromatic nitrogens is 2. The Morgan fingerprint density at radius 3 is 2.63 bits per heavy atom. The van der Waals surface area contributed by atoms with E-state index in [1.54, 1.807) is 12.1 Å². The van der Waals surface area contributed by atoms with E-state index in [0.717, 1.165) is 28.5 Å². The molecule has 3 heterocycles. The summed E-state index contributed by atoms with van der Waals surface area (Å²) in [6.45, 7) is 2.00. The summed E-state index contributed by atoms with van der Waals surface area (Å²) >= 11 is 0. The number of furan rings is 1. The Balaban J connectivity index is 1.53. The van der Waals surface area contributed by atoms with Crippen LogP contribution in [0.5, 0.6) is 0 Å². The molecule has 3 aromatic heterocycles. The van der Waals surface area contributed by atoms with Crippen molar-refractivity contribution < 1.29 is 14.1 Å². The van der Waals surface area contributed by atoms with E-state index in [2.05, 4.69) is 10.3 Å². The summed E-state index contributed by atoms with van der Waals surface area (Å²) in [5, 5.41) is 13.3. The second-order valence-electron chi connectivity index (χ2n) is 5.97. The van der Waals surface area contributed by atoms with Crippen molar-refractivity contribution in [1.82, 2.24) is 9.38 Å². The van der Waals surface area contributed by atoms with Gasteiger partial charge < -0.3 is 14.1 Å². The van der Waals surface area contributed by atoms with Crippen LogP contribution < -0.4 is 5.32 Å². The van der Waals surface area contributed by atoms with Crippen molar-refractivity contribution in [2.45, 2.75) is 6.92 Å². The lowest BCUT2D eigenvalue weighted by molar-refractivity contribution is -0.402. The number of aryl methyl sites for hydroxylation is 1. The van der Waals surface area contributed by atoms with Crippen LogP contribution in [0.25, 0.3) is 16.9 Å². The highest BCUT2D eigenvalue weighted by atomic mass is 16.6. The molecule has 134 valence electrons. The minimum absolute atomic E-state index is 0.124. The van der Waals surface area contributed by atoms with Crippen LogP contribution in [-0.2, 0) is 0 Å². The number of carbonyl (C=O) groups is 1. The third kappa shape index (κ3) is 3.15. The number of benzene rings is 1. The van der Waals surface area contributed by atoms with E-state index < -0.39 is 16.7 Å². The van der Waals surface area contributed by atoms with Crippen molar-refractivity contribution in [2.24, 2.45) is 0 Å². The van der Waals surface area contributed by atoms with E-state index in [-0.39, 0.29) is 5.76 Å². The Kier molecular flexibility index (Phi) is 3.92. The van der Waals surface area contributed by atoms with Crippen LogP contribution >= 0.6 is 0 Å². The van der Waals surface area contributed by atoms with Crippen LogP contribution in [0, 0.1) is 17.0 Å². The molecule has 0 radical (unpaired) electrons. The molecule has 0 fully saturated rings. The average molecular weight is 362 g/mol. The topological polar surface area (TPSA) is 103 Å². The fraction of sp³-hybridized carbons (Fsp3) is 0.0526. The van der Waals surface area contributed by atoms with E-state index in [4.69, 9.17) is 4.42 Å². The van der Waals surface area contributed by atoms with Gasteiger partial charge in [0.25, 0.3) is 5.91 Å². The SMILES string of the molecule is Cc1cccn2cc(-c3ccc(NC(=O)c4ccc([N+](=O)[O-])o4)cc3)nc12.